The van der Waals surface area contributed by atoms with Crippen molar-refractivity contribution in [3.63, 3.8) is 0 Å². The molecule has 2 amide bonds. The highest BCUT2D eigenvalue weighted by Gasteiger charge is 2.12. The Bertz CT molecular complexity index is 392. The van der Waals surface area contributed by atoms with Gasteiger partial charge in [0.05, 0.1) is 6.61 Å². The van der Waals surface area contributed by atoms with E-state index in [0.29, 0.717) is 37.8 Å². The highest BCUT2D eigenvalue weighted by molar-refractivity contribution is 5.74. The van der Waals surface area contributed by atoms with Crippen molar-refractivity contribution in [3.05, 3.63) is 11.7 Å². The molecule has 2 N–H and O–H groups in total. The van der Waals surface area contributed by atoms with E-state index in [-0.39, 0.29) is 18.6 Å². The van der Waals surface area contributed by atoms with Crippen LogP contribution in [0.4, 0.5) is 4.79 Å². The van der Waals surface area contributed by atoms with Gasteiger partial charge in [0.2, 0.25) is 5.89 Å². The van der Waals surface area contributed by atoms with Crippen LogP contribution in [-0.2, 0) is 6.42 Å². The third-order valence-corrected chi connectivity index (χ3v) is 2.65. The van der Waals surface area contributed by atoms with E-state index in [0.717, 1.165) is 0 Å². The molecule has 1 aromatic rings. The first-order valence-electron chi connectivity index (χ1n) is 6.54. The summed E-state index contributed by atoms with van der Waals surface area (Å²) in [7, 11) is 0. The summed E-state index contributed by atoms with van der Waals surface area (Å²) in [6.07, 6.45) is 0.502. The molecule has 0 saturated carbocycles. The first kappa shape index (κ1) is 15.4. The quantitative estimate of drug-likeness (QED) is 0.763. The number of nitrogens with zero attached hydrogens (tertiary/aromatic N) is 3. The Morgan fingerprint density at radius 1 is 1.53 bits per heavy atom. The monoisotopic (exact) mass is 270 g/mol. The standard InChI is InChI=1S/C12H22N4O3/c1-4-16(7-8-17)12(18)13-6-5-10-14-11(9(2)3)15-19-10/h9,17H,4-8H2,1-3H3,(H,13,18). The number of urea groups is 1. The number of hydrogen-bond donors (Lipinski definition) is 2. The third kappa shape index (κ3) is 4.86. The van der Waals surface area contributed by atoms with Gasteiger partial charge in [-0.3, -0.25) is 0 Å². The molecule has 0 radical (unpaired) electrons. The lowest BCUT2D eigenvalue weighted by Gasteiger charge is -2.19. The highest BCUT2D eigenvalue weighted by Crippen LogP contribution is 2.09. The predicted molar refractivity (Wildman–Crippen MR) is 69.8 cm³/mol. The molecular weight excluding hydrogens is 248 g/mol. The lowest BCUT2D eigenvalue weighted by atomic mass is 10.2. The Morgan fingerprint density at radius 2 is 2.26 bits per heavy atom. The predicted octanol–water partition coefficient (Wildman–Crippen LogP) is 0.759. The van der Waals surface area contributed by atoms with Gasteiger partial charge in [0.1, 0.15) is 0 Å². The molecule has 19 heavy (non-hydrogen) atoms. The lowest BCUT2D eigenvalue weighted by Crippen LogP contribution is -2.42. The summed E-state index contributed by atoms with van der Waals surface area (Å²) in [6, 6.07) is -0.194. The SMILES string of the molecule is CCN(CCO)C(=O)NCCc1nc(C(C)C)no1. The Balaban J connectivity index is 2.34. The molecule has 0 aromatic carbocycles. The van der Waals surface area contributed by atoms with Gasteiger partial charge in [-0.15, -0.1) is 0 Å². The molecular formula is C12H22N4O3. The maximum Gasteiger partial charge on any atom is 0.317 e. The van der Waals surface area contributed by atoms with Crippen molar-refractivity contribution in [1.29, 1.82) is 0 Å². The maximum absolute atomic E-state index is 11.7. The summed E-state index contributed by atoms with van der Waals surface area (Å²) in [5, 5.41) is 15.4. The molecule has 0 aliphatic heterocycles. The number of carbonyl (C=O) groups excluding carboxylic acids is 1. The van der Waals surface area contributed by atoms with Crippen LogP contribution in [0.3, 0.4) is 0 Å². The van der Waals surface area contributed by atoms with Gasteiger partial charge in [0, 0.05) is 32.0 Å². The fourth-order valence-corrected chi connectivity index (χ4v) is 1.52. The van der Waals surface area contributed by atoms with Crippen LogP contribution in [0.5, 0.6) is 0 Å². The molecule has 0 fully saturated rings. The van der Waals surface area contributed by atoms with Crippen LogP contribution in [0.15, 0.2) is 4.52 Å². The lowest BCUT2D eigenvalue weighted by molar-refractivity contribution is 0.180. The Morgan fingerprint density at radius 3 is 2.79 bits per heavy atom. The molecule has 1 heterocycles. The second-order valence-electron chi connectivity index (χ2n) is 4.49. The smallest absolute Gasteiger partial charge is 0.317 e. The number of nitrogens with one attached hydrogen (secondary N) is 1. The van der Waals surface area contributed by atoms with E-state index in [1.807, 2.05) is 20.8 Å². The highest BCUT2D eigenvalue weighted by atomic mass is 16.5. The average Bonchev–Trinajstić information content (AvgIpc) is 2.84. The van der Waals surface area contributed by atoms with Gasteiger partial charge >= 0.3 is 6.03 Å². The molecule has 0 aliphatic carbocycles. The van der Waals surface area contributed by atoms with Crippen LogP contribution in [0, 0.1) is 0 Å². The number of rotatable bonds is 7. The molecule has 108 valence electrons. The Kier molecular flexibility index (Phi) is 6.27. The fourth-order valence-electron chi connectivity index (χ4n) is 1.52. The first-order chi connectivity index (χ1) is 9.08. The van der Waals surface area contributed by atoms with E-state index in [9.17, 15) is 4.79 Å². The van der Waals surface area contributed by atoms with E-state index in [4.69, 9.17) is 9.63 Å². The minimum Gasteiger partial charge on any atom is -0.395 e. The van der Waals surface area contributed by atoms with Gasteiger partial charge in [-0.1, -0.05) is 19.0 Å². The summed E-state index contributed by atoms with van der Waals surface area (Å²) >= 11 is 0. The zero-order valence-corrected chi connectivity index (χ0v) is 11.7. The Hall–Kier alpha value is -1.63. The normalized spacial score (nSPS) is 10.8. The van der Waals surface area contributed by atoms with Crippen molar-refractivity contribution in [1.82, 2.24) is 20.4 Å². The van der Waals surface area contributed by atoms with Gasteiger partial charge in [-0.05, 0) is 6.92 Å². The van der Waals surface area contributed by atoms with Gasteiger partial charge in [0.15, 0.2) is 5.82 Å². The van der Waals surface area contributed by atoms with Crippen molar-refractivity contribution in [2.45, 2.75) is 33.1 Å². The van der Waals surface area contributed by atoms with Crippen LogP contribution in [0.25, 0.3) is 0 Å². The van der Waals surface area contributed by atoms with Crippen LogP contribution in [0.2, 0.25) is 0 Å². The molecule has 1 aromatic heterocycles. The van der Waals surface area contributed by atoms with Crippen molar-refractivity contribution in [3.8, 4) is 0 Å². The molecule has 0 unspecified atom stereocenters. The van der Waals surface area contributed by atoms with Gasteiger partial charge in [-0.2, -0.15) is 4.98 Å². The van der Waals surface area contributed by atoms with Crippen molar-refractivity contribution in [2.75, 3.05) is 26.2 Å². The molecule has 7 heteroatoms. The van der Waals surface area contributed by atoms with E-state index < -0.39 is 0 Å². The van der Waals surface area contributed by atoms with E-state index in [2.05, 4.69) is 15.5 Å². The summed E-state index contributed by atoms with van der Waals surface area (Å²) < 4.78 is 5.08. The maximum atomic E-state index is 11.7. The molecule has 0 aliphatic rings. The van der Waals surface area contributed by atoms with Crippen LogP contribution in [-0.4, -0.2) is 52.4 Å². The number of carbonyl (C=O) groups is 1. The van der Waals surface area contributed by atoms with Crippen molar-refractivity contribution < 1.29 is 14.4 Å². The number of aliphatic hydroxyl groups excluding tert-OH is 1. The van der Waals surface area contributed by atoms with Crippen LogP contribution < -0.4 is 5.32 Å². The molecule has 7 nitrogen and oxygen atoms in total. The fraction of sp³-hybridized carbons (Fsp3) is 0.750. The number of likely N-dealkylation sites (N-methyl/N-ethyl adjacent to an activating group) is 1. The average molecular weight is 270 g/mol. The topological polar surface area (TPSA) is 91.5 Å². The van der Waals surface area contributed by atoms with E-state index in [1.165, 1.54) is 4.90 Å². The van der Waals surface area contributed by atoms with E-state index in [1.54, 1.807) is 0 Å². The van der Waals surface area contributed by atoms with Crippen molar-refractivity contribution in [2.24, 2.45) is 0 Å². The first-order valence-corrected chi connectivity index (χ1v) is 6.54. The second-order valence-corrected chi connectivity index (χ2v) is 4.49. The molecule has 1 rings (SSSR count). The number of hydrogen-bond acceptors (Lipinski definition) is 5. The summed E-state index contributed by atoms with van der Waals surface area (Å²) in [6.45, 7) is 7.13. The minimum absolute atomic E-state index is 0.0390. The molecule has 0 bridgehead atoms. The number of aliphatic hydroxyl groups is 1. The van der Waals surface area contributed by atoms with Gasteiger partial charge in [0.25, 0.3) is 0 Å². The third-order valence-electron chi connectivity index (χ3n) is 2.65. The zero-order chi connectivity index (χ0) is 14.3. The summed E-state index contributed by atoms with van der Waals surface area (Å²) in [5.41, 5.74) is 0. The molecule has 0 spiro atoms. The van der Waals surface area contributed by atoms with E-state index >= 15 is 0 Å². The van der Waals surface area contributed by atoms with Crippen LogP contribution >= 0.6 is 0 Å². The number of amides is 2. The number of aromatic nitrogens is 2. The summed E-state index contributed by atoms with van der Waals surface area (Å²) in [5.74, 6) is 1.43. The minimum atomic E-state index is -0.194. The van der Waals surface area contributed by atoms with Crippen LogP contribution in [0.1, 0.15) is 38.4 Å². The zero-order valence-electron chi connectivity index (χ0n) is 11.7. The largest absolute Gasteiger partial charge is 0.395 e. The molecule has 0 saturated heterocycles. The Labute approximate surface area is 113 Å². The molecule has 0 atom stereocenters. The van der Waals surface area contributed by atoms with Gasteiger partial charge < -0.3 is 19.8 Å². The summed E-state index contributed by atoms with van der Waals surface area (Å²) in [4.78, 5) is 17.5. The second kappa shape index (κ2) is 7.73. The van der Waals surface area contributed by atoms with Crippen molar-refractivity contribution >= 4 is 6.03 Å². The van der Waals surface area contributed by atoms with Gasteiger partial charge in [-0.25, -0.2) is 4.79 Å².